The van der Waals surface area contributed by atoms with Crippen LogP contribution in [0.3, 0.4) is 0 Å². The first-order valence-electron chi connectivity index (χ1n) is 9.23. The third-order valence-electron chi connectivity index (χ3n) is 5.26. The predicted molar refractivity (Wildman–Crippen MR) is 109 cm³/mol. The topological polar surface area (TPSA) is 67.2 Å². The summed E-state index contributed by atoms with van der Waals surface area (Å²) in [5.41, 5.74) is 3.34. The molecule has 1 N–H and O–H groups in total. The summed E-state index contributed by atoms with van der Waals surface area (Å²) in [7, 11) is 1.60. The third-order valence-corrected chi connectivity index (χ3v) is 5.49. The Balaban J connectivity index is 1.62. The monoisotopic (exact) mass is 407 g/mol. The number of methoxy groups -OCH3 is 1. The van der Waals surface area contributed by atoms with Crippen molar-refractivity contribution in [3.8, 4) is 17.2 Å². The third kappa shape index (κ3) is 3.06. The van der Waals surface area contributed by atoms with E-state index in [1.807, 2.05) is 35.3 Å². The van der Waals surface area contributed by atoms with E-state index in [0.29, 0.717) is 22.8 Å². The van der Waals surface area contributed by atoms with Crippen LogP contribution in [-0.4, -0.2) is 27.9 Å². The normalized spacial score (nSPS) is 19.8. The van der Waals surface area contributed by atoms with E-state index < -0.39 is 6.23 Å². The average molecular weight is 408 g/mol. The second-order valence-electron chi connectivity index (χ2n) is 6.96. The Morgan fingerprint density at radius 2 is 1.97 bits per heavy atom. The fourth-order valence-corrected chi connectivity index (χ4v) is 4.02. The highest BCUT2D eigenvalue weighted by molar-refractivity contribution is 6.30. The van der Waals surface area contributed by atoms with Crippen molar-refractivity contribution in [1.82, 2.24) is 9.99 Å². The summed E-state index contributed by atoms with van der Waals surface area (Å²) in [5, 5.41) is 17.9. The van der Waals surface area contributed by atoms with Gasteiger partial charge in [0.1, 0.15) is 17.2 Å². The summed E-state index contributed by atoms with van der Waals surface area (Å²) in [5.74, 6) is 1.61. The van der Waals surface area contributed by atoms with Crippen LogP contribution in [0.2, 0.25) is 5.02 Å². The van der Waals surface area contributed by atoms with E-state index in [1.54, 1.807) is 37.7 Å². The lowest BCUT2D eigenvalue weighted by molar-refractivity contribution is -0.0190. The Morgan fingerprint density at radius 3 is 2.76 bits per heavy atom. The molecule has 2 aliphatic heterocycles. The van der Waals surface area contributed by atoms with E-state index in [4.69, 9.17) is 26.2 Å². The number of phenols is 1. The van der Waals surface area contributed by atoms with Gasteiger partial charge >= 0.3 is 0 Å². The molecular formula is C22H18ClN3O3. The van der Waals surface area contributed by atoms with Gasteiger partial charge in [-0.2, -0.15) is 5.10 Å². The van der Waals surface area contributed by atoms with E-state index in [2.05, 4.69) is 4.98 Å². The Labute approximate surface area is 173 Å². The van der Waals surface area contributed by atoms with Gasteiger partial charge in [0, 0.05) is 40.5 Å². The van der Waals surface area contributed by atoms with Gasteiger partial charge in [0.2, 0.25) is 6.23 Å². The zero-order valence-electron chi connectivity index (χ0n) is 15.6. The number of hydrazone groups is 1. The number of aromatic nitrogens is 1. The molecule has 0 bridgehead atoms. The van der Waals surface area contributed by atoms with Crippen LogP contribution in [0, 0.1) is 0 Å². The molecule has 0 radical (unpaired) electrons. The quantitative estimate of drug-likeness (QED) is 0.682. The maximum absolute atomic E-state index is 10.4. The molecule has 29 heavy (non-hydrogen) atoms. The molecule has 2 atom stereocenters. The highest BCUT2D eigenvalue weighted by Gasteiger charge is 2.41. The minimum Gasteiger partial charge on any atom is -0.507 e. The van der Waals surface area contributed by atoms with E-state index in [9.17, 15) is 5.11 Å². The molecule has 1 aromatic heterocycles. The van der Waals surface area contributed by atoms with Crippen molar-refractivity contribution < 1.29 is 14.6 Å². The second-order valence-corrected chi connectivity index (χ2v) is 7.40. The SMILES string of the molecule is COc1ccc(O)c(C2=NN3[C@H](C2)c2cc(Cl)ccc2O[C@H]3c2ccncc2)c1. The minimum absolute atomic E-state index is 0.0591. The number of nitrogens with zero attached hydrogens (tertiary/aromatic N) is 3. The average Bonchev–Trinajstić information content (AvgIpc) is 3.20. The number of aromatic hydroxyl groups is 1. The van der Waals surface area contributed by atoms with Crippen molar-refractivity contribution in [3.05, 3.63) is 82.6 Å². The number of ether oxygens (including phenoxy) is 2. The molecular weight excluding hydrogens is 390 g/mol. The predicted octanol–water partition coefficient (Wildman–Crippen LogP) is 4.69. The first kappa shape index (κ1) is 17.8. The highest BCUT2D eigenvalue weighted by Crippen LogP contribution is 2.48. The summed E-state index contributed by atoms with van der Waals surface area (Å²) in [6.07, 6.45) is 3.68. The van der Waals surface area contributed by atoms with Gasteiger partial charge in [-0.15, -0.1) is 0 Å². The van der Waals surface area contributed by atoms with Gasteiger partial charge in [-0.25, -0.2) is 5.01 Å². The maximum Gasteiger partial charge on any atom is 0.213 e. The molecule has 146 valence electrons. The van der Waals surface area contributed by atoms with Gasteiger partial charge in [0.25, 0.3) is 0 Å². The summed E-state index contributed by atoms with van der Waals surface area (Å²) < 4.78 is 11.6. The first-order valence-corrected chi connectivity index (χ1v) is 9.61. The Kier molecular flexibility index (Phi) is 4.28. The minimum atomic E-state index is -0.401. The summed E-state index contributed by atoms with van der Waals surface area (Å²) in [6, 6.07) is 14.5. The lowest BCUT2D eigenvalue weighted by Gasteiger charge is -2.38. The van der Waals surface area contributed by atoms with Crippen molar-refractivity contribution in [3.63, 3.8) is 0 Å². The summed E-state index contributed by atoms with van der Waals surface area (Å²) >= 11 is 6.26. The molecule has 0 unspecified atom stereocenters. The number of halogens is 1. The van der Waals surface area contributed by atoms with Crippen LogP contribution < -0.4 is 9.47 Å². The van der Waals surface area contributed by atoms with Crippen LogP contribution in [0.4, 0.5) is 0 Å². The van der Waals surface area contributed by atoms with Gasteiger partial charge < -0.3 is 14.6 Å². The molecule has 3 aromatic rings. The molecule has 7 heteroatoms. The number of pyridine rings is 1. The molecule has 3 heterocycles. The zero-order chi connectivity index (χ0) is 20.0. The Hall–Kier alpha value is -3.25. The van der Waals surface area contributed by atoms with Crippen LogP contribution in [-0.2, 0) is 0 Å². The molecule has 0 saturated carbocycles. The Bertz CT molecular complexity index is 1100. The first-order chi connectivity index (χ1) is 14.1. The number of hydrogen-bond acceptors (Lipinski definition) is 6. The number of rotatable bonds is 3. The lowest BCUT2D eigenvalue weighted by Crippen LogP contribution is -2.33. The second kappa shape index (κ2) is 6.97. The fraction of sp³-hybridized carbons (Fsp3) is 0.182. The van der Waals surface area contributed by atoms with E-state index in [-0.39, 0.29) is 11.8 Å². The number of fused-ring (bicyclic) bond motifs is 3. The molecule has 2 aromatic carbocycles. The van der Waals surface area contributed by atoms with Crippen molar-refractivity contribution in [1.29, 1.82) is 0 Å². The molecule has 2 aliphatic rings. The van der Waals surface area contributed by atoms with Crippen LogP contribution >= 0.6 is 11.6 Å². The molecule has 0 amide bonds. The smallest absolute Gasteiger partial charge is 0.213 e. The maximum atomic E-state index is 10.4. The van der Waals surface area contributed by atoms with Crippen LogP contribution in [0.5, 0.6) is 17.2 Å². The van der Waals surface area contributed by atoms with E-state index >= 15 is 0 Å². The highest BCUT2D eigenvalue weighted by atomic mass is 35.5. The summed E-state index contributed by atoms with van der Waals surface area (Å²) in [4.78, 5) is 4.10. The molecule has 0 spiro atoms. The van der Waals surface area contributed by atoms with Gasteiger partial charge in [-0.05, 0) is 48.5 Å². The number of phenolic OH excluding ortho intramolecular Hbond substituents is 1. The van der Waals surface area contributed by atoms with Crippen molar-refractivity contribution >= 4 is 17.3 Å². The fourth-order valence-electron chi connectivity index (χ4n) is 3.84. The van der Waals surface area contributed by atoms with Crippen molar-refractivity contribution in [2.24, 2.45) is 5.10 Å². The molecule has 6 nitrogen and oxygen atoms in total. The van der Waals surface area contributed by atoms with E-state index in [1.165, 1.54) is 0 Å². The molecule has 0 saturated heterocycles. The Morgan fingerprint density at radius 1 is 1.14 bits per heavy atom. The van der Waals surface area contributed by atoms with Crippen LogP contribution in [0.1, 0.15) is 35.4 Å². The molecule has 5 rings (SSSR count). The number of hydrogen-bond donors (Lipinski definition) is 1. The van der Waals surface area contributed by atoms with Gasteiger partial charge in [0.15, 0.2) is 0 Å². The van der Waals surface area contributed by atoms with Crippen LogP contribution in [0.15, 0.2) is 66.0 Å². The van der Waals surface area contributed by atoms with Gasteiger partial charge in [-0.1, -0.05) is 11.6 Å². The standard InChI is InChI=1S/C22H18ClN3O3/c1-28-15-3-4-20(27)16(11-15)18-12-19-17-10-14(23)2-5-21(17)29-22(26(19)25-18)13-6-8-24-9-7-13/h2-11,19,22,27H,12H2,1H3/t19-,22+/m1/s1. The number of benzene rings is 2. The van der Waals surface area contributed by atoms with Crippen molar-refractivity contribution in [2.75, 3.05) is 7.11 Å². The van der Waals surface area contributed by atoms with Gasteiger partial charge in [-0.3, -0.25) is 4.98 Å². The lowest BCUT2D eigenvalue weighted by atomic mass is 9.95. The van der Waals surface area contributed by atoms with E-state index in [0.717, 1.165) is 22.6 Å². The largest absolute Gasteiger partial charge is 0.507 e. The van der Waals surface area contributed by atoms with Gasteiger partial charge in [0.05, 0.1) is 18.9 Å². The van der Waals surface area contributed by atoms with Crippen molar-refractivity contribution in [2.45, 2.75) is 18.7 Å². The zero-order valence-corrected chi connectivity index (χ0v) is 16.4. The van der Waals surface area contributed by atoms with Crippen LogP contribution in [0.25, 0.3) is 0 Å². The molecule has 0 fully saturated rings. The summed E-state index contributed by atoms with van der Waals surface area (Å²) in [6.45, 7) is 0. The molecule has 0 aliphatic carbocycles.